The third-order valence-corrected chi connectivity index (χ3v) is 2.85. The highest BCUT2D eigenvalue weighted by atomic mass is 19.4. The molecule has 0 saturated heterocycles. The average Bonchev–Trinajstić information content (AvgIpc) is 2.48. The predicted molar refractivity (Wildman–Crippen MR) is 68.7 cm³/mol. The lowest BCUT2D eigenvalue weighted by molar-refractivity contribution is -0.153. The van der Waals surface area contributed by atoms with Gasteiger partial charge in [0.2, 0.25) is 0 Å². The molecule has 23 heavy (non-hydrogen) atoms. The number of aldehydes is 1. The van der Waals surface area contributed by atoms with E-state index < -0.39 is 35.8 Å². The minimum absolute atomic E-state index is 0.101. The lowest BCUT2D eigenvalue weighted by Gasteiger charge is -2.12. The number of alkyl halides is 3. The molecule has 2 aromatic rings. The summed E-state index contributed by atoms with van der Waals surface area (Å²) in [6, 6.07) is 3.98. The van der Waals surface area contributed by atoms with E-state index in [0.717, 1.165) is 18.2 Å². The molecule has 0 aliphatic carbocycles. The summed E-state index contributed by atoms with van der Waals surface area (Å²) in [7, 11) is 0. The van der Waals surface area contributed by atoms with Crippen molar-refractivity contribution < 1.29 is 35.9 Å². The van der Waals surface area contributed by atoms with Crippen molar-refractivity contribution in [1.29, 1.82) is 0 Å². The lowest BCUT2D eigenvalue weighted by Crippen LogP contribution is -2.19. The Morgan fingerprint density at radius 3 is 2.17 bits per heavy atom. The summed E-state index contributed by atoms with van der Waals surface area (Å²) in [5.74, 6) is -4.10. The Morgan fingerprint density at radius 1 is 0.913 bits per heavy atom. The van der Waals surface area contributed by atoms with Crippen molar-refractivity contribution in [3.8, 4) is 16.9 Å². The molecule has 2 aromatic carbocycles. The van der Waals surface area contributed by atoms with Crippen LogP contribution >= 0.6 is 0 Å². The Balaban J connectivity index is 2.41. The van der Waals surface area contributed by atoms with Gasteiger partial charge in [-0.15, -0.1) is 0 Å². The lowest BCUT2D eigenvalue weighted by atomic mass is 9.99. The molecule has 122 valence electrons. The Hall–Kier alpha value is -2.51. The number of ether oxygens (including phenoxy) is 1. The van der Waals surface area contributed by atoms with Gasteiger partial charge in [0.15, 0.2) is 24.5 Å². The normalized spacial score (nSPS) is 11.4. The van der Waals surface area contributed by atoms with Gasteiger partial charge in [0, 0.05) is 17.2 Å². The summed E-state index contributed by atoms with van der Waals surface area (Å²) in [5.41, 5.74) is -0.723. The monoisotopic (exact) mass is 334 g/mol. The maximum Gasteiger partial charge on any atom is 0.422 e. The van der Waals surface area contributed by atoms with Gasteiger partial charge in [-0.3, -0.25) is 4.79 Å². The molecule has 0 bridgehead atoms. The third-order valence-electron chi connectivity index (χ3n) is 2.85. The van der Waals surface area contributed by atoms with Crippen LogP contribution in [0.5, 0.6) is 5.75 Å². The van der Waals surface area contributed by atoms with Crippen molar-refractivity contribution >= 4 is 6.29 Å². The smallest absolute Gasteiger partial charge is 0.422 e. The van der Waals surface area contributed by atoms with Crippen LogP contribution in [0.3, 0.4) is 0 Å². The molecule has 0 spiro atoms. The van der Waals surface area contributed by atoms with E-state index in [4.69, 9.17) is 0 Å². The topological polar surface area (TPSA) is 26.3 Å². The molecule has 0 saturated carbocycles. The molecule has 0 aliphatic heterocycles. The maximum absolute atomic E-state index is 13.7. The Morgan fingerprint density at radius 2 is 1.57 bits per heavy atom. The van der Waals surface area contributed by atoms with Crippen molar-refractivity contribution in [2.75, 3.05) is 6.61 Å². The first-order valence-electron chi connectivity index (χ1n) is 6.15. The first kappa shape index (κ1) is 16.9. The molecule has 0 fully saturated rings. The Labute approximate surface area is 126 Å². The molecular formula is C15H8F6O2. The predicted octanol–water partition coefficient (Wildman–Crippen LogP) is 4.52. The summed E-state index contributed by atoms with van der Waals surface area (Å²) in [4.78, 5) is 11.0. The van der Waals surface area contributed by atoms with Crippen LogP contribution in [0.25, 0.3) is 11.1 Å². The molecule has 0 unspecified atom stereocenters. The summed E-state index contributed by atoms with van der Waals surface area (Å²) in [6.07, 6.45) is -4.32. The molecule has 2 nitrogen and oxygen atoms in total. The second kappa shape index (κ2) is 6.31. The summed E-state index contributed by atoms with van der Waals surface area (Å²) in [5, 5.41) is 0. The first-order chi connectivity index (χ1) is 10.7. The molecule has 0 atom stereocenters. The SMILES string of the molecule is O=Cc1cc(OCC(F)(F)F)ccc1-c1cc(F)c(F)cc1F. The van der Waals surface area contributed by atoms with E-state index in [9.17, 15) is 31.1 Å². The molecule has 0 radical (unpaired) electrons. The molecule has 0 aromatic heterocycles. The second-order valence-electron chi connectivity index (χ2n) is 4.52. The minimum Gasteiger partial charge on any atom is -0.484 e. The van der Waals surface area contributed by atoms with E-state index in [2.05, 4.69) is 4.74 Å². The molecular weight excluding hydrogens is 326 g/mol. The second-order valence-corrected chi connectivity index (χ2v) is 4.52. The fourth-order valence-corrected chi connectivity index (χ4v) is 1.87. The number of halogens is 6. The van der Waals surface area contributed by atoms with E-state index >= 15 is 0 Å². The fraction of sp³-hybridized carbons (Fsp3) is 0.133. The van der Waals surface area contributed by atoms with Crippen LogP contribution in [0, 0.1) is 17.5 Å². The van der Waals surface area contributed by atoms with Crippen molar-refractivity contribution in [3.05, 3.63) is 53.3 Å². The van der Waals surface area contributed by atoms with E-state index in [0.29, 0.717) is 12.1 Å². The largest absolute Gasteiger partial charge is 0.484 e. The van der Waals surface area contributed by atoms with Gasteiger partial charge >= 0.3 is 6.18 Å². The Kier molecular flexibility index (Phi) is 4.63. The van der Waals surface area contributed by atoms with Crippen LogP contribution in [0.1, 0.15) is 10.4 Å². The van der Waals surface area contributed by atoms with E-state index in [1.54, 1.807) is 0 Å². The van der Waals surface area contributed by atoms with Gasteiger partial charge in [-0.25, -0.2) is 13.2 Å². The van der Waals surface area contributed by atoms with Gasteiger partial charge in [0.05, 0.1) is 0 Å². The van der Waals surface area contributed by atoms with Crippen molar-refractivity contribution in [1.82, 2.24) is 0 Å². The van der Waals surface area contributed by atoms with Gasteiger partial charge < -0.3 is 4.74 Å². The first-order valence-corrected chi connectivity index (χ1v) is 6.15. The van der Waals surface area contributed by atoms with Crippen LogP contribution in [-0.4, -0.2) is 19.1 Å². The Bertz CT molecular complexity index is 739. The van der Waals surface area contributed by atoms with Gasteiger partial charge in [-0.1, -0.05) is 0 Å². The number of carbonyl (C=O) groups is 1. The number of rotatable bonds is 4. The highest BCUT2D eigenvalue weighted by molar-refractivity contribution is 5.88. The fourth-order valence-electron chi connectivity index (χ4n) is 1.87. The van der Waals surface area contributed by atoms with Gasteiger partial charge in [0.25, 0.3) is 0 Å². The van der Waals surface area contributed by atoms with Crippen LogP contribution in [-0.2, 0) is 0 Å². The van der Waals surface area contributed by atoms with Gasteiger partial charge in [-0.05, 0) is 29.8 Å². The quantitative estimate of drug-likeness (QED) is 0.467. The van der Waals surface area contributed by atoms with Crippen molar-refractivity contribution in [2.24, 2.45) is 0 Å². The van der Waals surface area contributed by atoms with Gasteiger partial charge in [-0.2, -0.15) is 13.2 Å². The maximum atomic E-state index is 13.7. The van der Waals surface area contributed by atoms with Crippen LogP contribution < -0.4 is 4.74 Å². The van der Waals surface area contributed by atoms with Crippen LogP contribution in [0.2, 0.25) is 0 Å². The number of hydrogen-bond acceptors (Lipinski definition) is 2. The van der Waals surface area contributed by atoms with Crippen molar-refractivity contribution in [3.63, 3.8) is 0 Å². The average molecular weight is 334 g/mol. The molecule has 0 heterocycles. The van der Waals surface area contributed by atoms with Crippen LogP contribution in [0.4, 0.5) is 26.3 Å². The zero-order chi connectivity index (χ0) is 17.2. The molecule has 0 amide bonds. The van der Waals surface area contributed by atoms with Crippen LogP contribution in [0.15, 0.2) is 30.3 Å². The van der Waals surface area contributed by atoms with Gasteiger partial charge in [0.1, 0.15) is 11.6 Å². The highest BCUT2D eigenvalue weighted by Gasteiger charge is 2.28. The van der Waals surface area contributed by atoms with E-state index in [1.807, 2.05) is 0 Å². The van der Waals surface area contributed by atoms with E-state index in [-0.39, 0.29) is 23.2 Å². The summed E-state index contributed by atoms with van der Waals surface area (Å²) < 4.78 is 80.6. The highest BCUT2D eigenvalue weighted by Crippen LogP contribution is 2.30. The third kappa shape index (κ3) is 4.02. The molecule has 0 N–H and O–H groups in total. The number of carbonyl (C=O) groups excluding carboxylic acids is 1. The molecule has 0 aliphatic rings. The summed E-state index contributed by atoms with van der Waals surface area (Å²) >= 11 is 0. The van der Waals surface area contributed by atoms with E-state index in [1.165, 1.54) is 0 Å². The zero-order valence-corrected chi connectivity index (χ0v) is 11.3. The van der Waals surface area contributed by atoms with Crippen molar-refractivity contribution in [2.45, 2.75) is 6.18 Å². The summed E-state index contributed by atoms with van der Waals surface area (Å²) in [6.45, 7) is -1.57. The minimum atomic E-state index is -4.56. The number of hydrogen-bond donors (Lipinski definition) is 0. The number of benzene rings is 2. The zero-order valence-electron chi connectivity index (χ0n) is 11.3. The standard InChI is InChI=1S/C15H8F6O2/c16-12-5-14(18)13(17)4-11(12)10-2-1-9(3-8(10)6-22)23-7-15(19,20)21/h1-6H,7H2. The molecule has 8 heteroatoms. The molecule has 2 rings (SSSR count).